The number of aryl methyl sites for hydroxylation is 1. The van der Waals surface area contributed by atoms with Crippen molar-refractivity contribution in [3.63, 3.8) is 0 Å². The van der Waals surface area contributed by atoms with E-state index in [4.69, 9.17) is 28.9 Å². The smallest absolute Gasteiger partial charge is 0.161 e. The van der Waals surface area contributed by atoms with Crippen LogP contribution in [-0.4, -0.2) is 9.97 Å². The van der Waals surface area contributed by atoms with Crippen molar-refractivity contribution in [2.24, 2.45) is 0 Å². The van der Waals surface area contributed by atoms with E-state index in [9.17, 15) is 0 Å². The van der Waals surface area contributed by atoms with Crippen molar-refractivity contribution in [2.75, 3.05) is 5.73 Å². The second kappa shape index (κ2) is 5.12. The minimum absolute atomic E-state index is 0.510. The van der Waals surface area contributed by atoms with Crippen molar-refractivity contribution in [1.82, 2.24) is 9.97 Å². The van der Waals surface area contributed by atoms with Gasteiger partial charge in [-0.05, 0) is 31.5 Å². The Kier molecular flexibility index (Phi) is 3.73. The van der Waals surface area contributed by atoms with Crippen molar-refractivity contribution in [2.45, 2.75) is 20.3 Å². The lowest BCUT2D eigenvalue weighted by Crippen LogP contribution is -2.04. The summed E-state index contributed by atoms with van der Waals surface area (Å²) < 4.78 is 0. The molecular formula is C13H13Cl2N3. The van der Waals surface area contributed by atoms with Crippen LogP contribution in [0.25, 0.3) is 11.4 Å². The summed E-state index contributed by atoms with van der Waals surface area (Å²) in [5.74, 6) is 1.06. The summed E-state index contributed by atoms with van der Waals surface area (Å²) in [5.41, 5.74) is 8.56. The van der Waals surface area contributed by atoms with Crippen LogP contribution in [0.4, 0.5) is 5.82 Å². The summed E-state index contributed by atoms with van der Waals surface area (Å²) in [4.78, 5) is 8.76. The lowest BCUT2D eigenvalue weighted by atomic mass is 10.1. The molecule has 3 nitrogen and oxygen atoms in total. The molecule has 0 aliphatic carbocycles. The van der Waals surface area contributed by atoms with E-state index in [0.717, 1.165) is 23.2 Å². The molecule has 5 heteroatoms. The first-order chi connectivity index (χ1) is 8.51. The molecule has 1 aromatic carbocycles. The maximum Gasteiger partial charge on any atom is 0.161 e. The minimum atomic E-state index is 0.510. The minimum Gasteiger partial charge on any atom is -0.383 e. The Morgan fingerprint density at radius 1 is 1.11 bits per heavy atom. The van der Waals surface area contributed by atoms with Gasteiger partial charge in [-0.1, -0.05) is 30.1 Å². The zero-order valence-electron chi connectivity index (χ0n) is 10.2. The molecule has 0 saturated carbocycles. The molecule has 94 valence electrons. The summed E-state index contributed by atoms with van der Waals surface area (Å²) in [6.45, 7) is 3.95. The Bertz CT molecular complexity index is 554. The first kappa shape index (κ1) is 13.1. The molecule has 2 aromatic rings. The largest absolute Gasteiger partial charge is 0.383 e. The quantitative estimate of drug-likeness (QED) is 0.908. The van der Waals surface area contributed by atoms with Crippen LogP contribution in [0.5, 0.6) is 0 Å². The highest BCUT2D eigenvalue weighted by Crippen LogP contribution is 2.26. The summed E-state index contributed by atoms with van der Waals surface area (Å²) >= 11 is 11.9. The van der Waals surface area contributed by atoms with Crippen LogP contribution < -0.4 is 5.73 Å². The van der Waals surface area contributed by atoms with E-state index in [1.165, 1.54) is 0 Å². The van der Waals surface area contributed by atoms with Crippen LogP contribution in [-0.2, 0) is 6.42 Å². The van der Waals surface area contributed by atoms with Gasteiger partial charge in [-0.15, -0.1) is 0 Å². The molecule has 0 bridgehead atoms. The van der Waals surface area contributed by atoms with Gasteiger partial charge in [0.05, 0.1) is 0 Å². The Hall–Kier alpha value is -1.32. The van der Waals surface area contributed by atoms with E-state index in [2.05, 4.69) is 9.97 Å². The summed E-state index contributed by atoms with van der Waals surface area (Å²) in [7, 11) is 0. The molecular weight excluding hydrogens is 269 g/mol. The third kappa shape index (κ3) is 2.57. The Labute approximate surface area is 116 Å². The summed E-state index contributed by atoms with van der Waals surface area (Å²) in [6, 6.07) is 5.21. The second-order valence-electron chi connectivity index (χ2n) is 4.01. The number of aromatic nitrogens is 2. The number of hydrogen-bond acceptors (Lipinski definition) is 3. The van der Waals surface area contributed by atoms with Crippen LogP contribution in [0.15, 0.2) is 18.2 Å². The monoisotopic (exact) mass is 281 g/mol. The van der Waals surface area contributed by atoms with Crippen LogP contribution in [0.1, 0.15) is 18.2 Å². The third-order valence-corrected chi connectivity index (χ3v) is 3.16. The van der Waals surface area contributed by atoms with Crippen LogP contribution in [0.3, 0.4) is 0 Å². The lowest BCUT2D eigenvalue weighted by molar-refractivity contribution is 1.01. The van der Waals surface area contributed by atoms with Gasteiger partial charge in [0.2, 0.25) is 0 Å². The Morgan fingerprint density at radius 3 is 2.22 bits per heavy atom. The van der Waals surface area contributed by atoms with Gasteiger partial charge in [0.25, 0.3) is 0 Å². The molecule has 0 fully saturated rings. The third-order valence-electron chi connectivity index (χ3n) is 2.72. The van der Waals surface area contributed by atoms with Crippen molar-refractivity contribution >= 4 is 29.0 Å². The van der Waals surface area contributed by atoms with Gasteiger partial charge in [-0.25, -0.2) is 9.97 Å². The van der Waals surface area contributed by atoms with Crippen LogP contribution in [0, 0.1) is 6.92 Å². The van der Waals surface area contributed by atoms with Crippen LogP contribution in [0.2, 0.25) is 10.0 Å². The summed E-state index contributed by atoms with van der Waals surface area (Å²) in [5, 5.41) is 1.11. The van der Waals surface area contributed by atoms with E-state index in [-0.39, 0.29) is 0 Å². The average molecular weight is 282 g/mol. The molecule has 0 radical (unpaired) electrons. The zero-order chi connectivity index (χ0) is 13.3. The predicted molar refractivity (Wildman–Crippen MR) is 76.0 cm³/mol. The molecule has 2 rings (SSSR count). The normalized spacial score (nSPS) is 10.7. The van der Waals surface area contributed by atoms with Crippen LogP contribution >= 0.6 is 23.2 Å². The van der Waals surface area contributed by atoms with Crippen molar-refractivity contribution in [3.8, 4) is 11.4 Å². The standard InChI is InChI=1S/C13H13Cl2N3/c1-3-11-7(2)17-13(18-12(11)16)8-4-9(14)6-10(15)5-8/h4-6H,3H2,1-2H3,(H2,16,17,18). The maximum atomic E-state index is 5.97. The van der Waals surface area contributed by atoms with E-state index < -0.39 is 0 Å². The van der Waals surface area contributed by atoms with E-state index in [0.29, 0.717) is 21.7 Å². The fourth-order valence-electron chi connectivity index (χ4n) is 1.87. The van der Waals surface area contributed by atoms with Gasteiger partial charge in [0, 0.05) is 26.9 Å². The zero-order valence-corrected chi connectivity index (χ0v) is 11.7. The number of nitrogens with two attached hydrogens (primary N) is 1. The SMILES string of the molecule is CCc1c(C)nc(-c2cc(Cl)cc(Cl)c2)nc1N. The molecule has 0 unspecified atom stereocenters. The number of anilines is 1. The topological polar surface area (TPSA) is 51.8 Å². The van der Waals surface area contributed by atoms with Gasteiger partial charge in [0.1, 0.15) is 5.82 Å². The highest BCUT2D eigenvalue weighted by molar-refractivity contribution is 6.35. The van der Waals surface area contributed by atoms with Crippen molar-refractivity contribution < 1.29 is 0 Å². The molecule has 2 N–H and O–H groups in total. The molecule has 0 amide bonds. The first-order valence-corrected chi connectivity index (χ1v) is 6.36. The van der Waals surface area contributed by atoms with Crippen molar-refractivity contribution in [3.05, 3.63) is 39.5 Å². The molecule has 0 aliphatic rings. The Balaban J connectivity index is 2.58. The molecule has 1 aromatic heterocycles. The second-order valence-corrected chi connectivity index (χ2v) is 4.88. The van der Waals surface area contributed by atoms with Gasteiger partial charge in [0.15, 0.2) is 5.82 Å². The molecule has 0 atom stereocenters. The number of nitrogen functional groups attached to an aromatic ring is 1. The molecule has 1 heterocycles. The molecule has 18 heavy (non-hydrogen) atoms. The number of hydrogen-bond donors (Lipinski definition) is 1. The van der Waals surface area contributed by atoms with Gasteiger partial charge in [-0.3, -0.25) is 0 Å². The number of halogens is 2. The summed E-state index contributed by atoms with van der Waals surface area (Å²) in [6.07, 6.45) is 0.814. The van der Waals surface area contributed by atoms with Gasteiger partial charge >= 0.3 is 0 Å². The Morgan fingerprint density at radius 2 is 1.72 bits per heavy atom. The number of benzene rings is 1. The van der Waals surface area contributed by atoms with E-state index in [1.54, 1.807) is 18.2 Å². The van der Waals surface area contributed by atoms with Crippen molar-refractivity contribution in [1.29, 1.82) is 0 Å². The van der Waals surface area contributed by atoms with Gasteiger partial charge in [-0.2, -0.15) is 0 Å². The molecule has 0 saturated heterocycles. The van der Waals surface area contributed by atoms with Gasteiger partial charge < -0.3 is 5.73 Å². The number of rotatable bonds is 2. The highest BCUT2D eigenvalue weighted by Gasteiger charge is 2.10. The maximum absolute atomic E-state index is 5.97. The first-order valence-electron chi connectivity index (χ1n) is 5.60. The lowest BCUT2D eigenvalue weighted by Gasteiger charge is -2.09. The number of nitrogens with zero attached hydrogens (tertiary/aromatic N) is 2. The fourth-order valence-corrected chi connectivity index (χ4v) is 2.39. The van der Waals surface area contributed by atoms with E-state index in [1.807, 2.05) is 13.8 Å². The fraction of sp³-hybridized carbons (Fsp3) is 0.231. The molecule has 0 aliphatic heterocycles. The highest BCUT2D eigenvalue weighted by atomic mass is 35.5. The predicted octanol–water partition coefficient (Wildman–Crippen LogP) is 3.90. The average Bonchev–Trinajstić information content (AvgIpc) is 2.27. The van der Waals surface area contributed by atoms with E-state index >= 15 is 0 Å². The molecule has 0 spiro atoms.